The molecule has 0 saturated carbocycles. The first kappa shape index (κ1) is 16.7. The lowest BCUT2D eigenvalue weighted by atomic mass is 10.2. The molecule has 0 aliphatic rings. The minimum absolute atomic E-state index is 0.325. The van der Waals surface area contributed by atoms with Gasteiger partial charge in [0, 0.05) is 23.4 Å². The SMILES string of the molecule is Cc1cc(Nc2cc(Nc3cccc(F)c3)nc(-c3ccccc3)n2)no1. The van der Waals surface area contributed by atoms with Crippen molar-refractivity contribution in [2.45, 2.75) is 6.92 Å². The first-order chi connectivity index (χ1) is 13.2. The van der Waals surface area contributed by atoms with E-state index in [9.17, 15) is 4.39 Å². The van der Waals surface area contributed by atoms with E-state index in [-0.39, 0.29) is 5.82 Å². The van der Waals surface area contributed by atoms with Gasteiger partial charge < -0.3 is 15.2 Å². The van der Waals surface area contributed by atoms with Crippen LogP contribution in [0.5, 0.6) is 0 Å². The summed E-state index contributed by atoms with van der Waals surface area (Å²) in [5, 5.41) is 10.1. The van der Waals surface area contributed by atoms with E-state index in [1.165, 1.54) is 12.1 Å². The number of benzene rings is 2. The number of halogens is 1. The molecule has 2 aromatic heterocycles. The van der Waals surface area contributed by atoms with Gasteiger partial charge in [-0.2, -0.15) is 0 Å². The van der Waals surface area contributed by atoms with Crippen LogP contribution in [0.25, 0.3) is 11.4 Å². The number of nitrogens with one attached hydrogen (secondary N) is 2. The van der Waals surface area contributed by atoms with E-state index in [2.05, 4.69) is 25.8 Å². The maximum absolute atomic E-state index is 13.5. The highest BCUT2D eigenvalue weighted by Crippen LogP contribution is 2.24. The van der Waals surface area contributed by atoms with Crippen molar-refractivity contribution in [3.63, 3.8) is 0 Å². The molecule has 2 aromatic carbocycles. The van der Waals surface area contributed by atoms with Gasteiger partial charge in [0.25, 0.3) is 0 Å². The maximum Gasteiger partial charge on any atom is 0.175 e. The van der Waals surface area contributed by atoms with Crippen LogP contribution >= 0.6 is 0 Å². The van der Waals surface area contributed by atoms with Crippen LogP contribution in [-0.4, -0.2) is 15.1 Å². The van der Waals surface area contributed by atoms with Gasteiger partial charge in [-0.1, -0.05) is 41.6 Å². The lowest BCUT2D eigenvalue weighted by molar-refractivity contribution is 0.400. The predicted molar refractivity (Wildman–Crippen MR) is 102 cm³/mol. The molecule has 0 aliphatic heterocycles. The van der Waals surface area contributed by atoms with E-state index < -0.39 is 0 Å². The van der Waals surface area contributed by atoms with E-state index in [1.54, 1.807) is 24.3 Å². The maximum atomic E-state index is 13.5. The third-order valence-electron chi connectivity index (χ3n) is 3.74. The summed E-state index contributed by atoms with van der Waals surface area (Å²) in [6, 6.07) is 19.3. The van der Waals surface area contributed by atoms with Crippen molar-refractivity contribution in [1.82, 2.24) is 15.1 Å². The molecule has 27 heavy (non-hydrogen) atoms. The Morgan fingerprint density at radius 2 is 1.59 bits per heavy atom. The van der Waals surface area contributed by atoms with Crippen LogP contribution in [0.2, 0.25) is 0 Å². The van der Waals surface area contributed by atoms with E-state index in [4.69, 9.17) is 4.52 Å². The number of hydrogen-bond acceptors (Lipinski definition) is 6. The molecule has 2 heterocycles. The lowest BCUT2D eigenvalue weighted by Crippen LogP contribution is -2.02. The Hall–Kier alpha value is -3.74. The summed E-state index contributed by atoms with van der Waals surface area (Å²) in [4.78, 5) is 9.10. The number of aryl methyl sites for hydroxylation is 1. The van der Waals surface area contributed by atoms with Gasteiger partial charge >= 0.3 is 0 Å². The van der Waals surface area contributed by atoms with Crippen LogP contribution in [0.15, 0.2) is 71.3 Å². The third kappa shape index (κ3) is 4.09. The predicted octanol–water partition coefficient (Wildman–Crippen LogP) is 5.07. The Morgan fingerprint density at radius 1 is 0.815 bits per heavy atom. The minimum Gasteiger partial charge on any atom is -0.360 e. The van der Waals surface area contributed by atoms with Crippen molar-refractivity contribution in [2.24, 2.45) is 0 Å². The number of rotatable bonds is 5. The Bertz CT molecular complexity index is 1060. The summed E-state index contributed by atoms with van der Waals surface area (Å²) < 4.78 is 18.6. The average Bonchev–Trinajstić information content (AvgIpc) is 3.07. The molecule has 0 atom stereocenters. The first-order valence-electron chi connectivity index (χ1n) is 8.33. The van der Waals surface area contributed by atoms with Crippen molar-refractivity contribution in [2.75, 3.05) is 10.6 Å². The Kier molecular flexibility index (Phi) is 4.49. The quantitative estimate of drug-likeness (QED) is 0.517. The second-order valence-corrected chi connectivity index (χ2v) is 5.91. The summed E-state index contributed by atoms with van der Waals surface area (Å²) in [6.07, 6.45) is 0. The highest BCUT2D eigenvalue weighted by Gasteiger charge is 2.09. The van der Waals surface area contributed by atoms with Crippen molar-refractivity contribution >= 4 is 23.1 Å². The molecule has 0 aliphatic carbocycles. The average molecular weight is 361 g/mol. The van der Waals surface area contributed by atoms with Gasteiger partial charge in [-0.05, 0) is 25.1 Å². The smallest absolute Gasteiger partial charge is 0.175 e. The zero-order valence-electron chi connectivity index (χ0n) is 14.5. The molecule has 0 fully saturated rings. The molecule has 0 amide bonds. The van der Waals surface area contributed by atoms with E-state index in [0.29, 0.717) is 34.7 Å². The fourth-order valence-corrected chi connectivity index (χ4v) is 2.56. The number of hydrogen-bond donors (Lipinski definition) is 2. The van der Waals surface area contributed by atoms with Crippen molar-refractivity contribution in [3.8, 4) is 11.4 Å². The number of nitrogens with zero attached hydrogens (tertiary/aromatic N) is 3. The zero-order chi connectivity index (χ0) is 18.6. The summed E-state index contributed by atoms with van der Waals surface area (Å²) in [7, 11) is 0. The van der Waals surface area contributed by atoms with Gasteiger partial charge in [-0.15, -0.1) is 0 Å². The van der Waals surface area contributed by atoms with Crippen LogP contribution in [0.4, 0.5) is 27.5 Å². The monoisotopic (exact) mass is 361 g/mol. The van der Waals surface area contributed by atoms with Crippen molar-refractivity contribution in [1.29, 1.82) is 0 Å². The van der Waals surface area contributed by atoms with Gasteiger partial charge in [-0.3, -0.25) is 0 Å². The Labute approximate surface area is 155 Å². The van der Waals surface area contributed by atoms with Crippen LogP contribution < -0.4 is 10.6 Å². The Balaban J connectivity index is 1.71. The van der Waals surface area contributed by atoms with E-state index in [0.717, 1.165) is 5.56 Å². The van der Waals surface area contributed by atoms with Gasteiger partial charge in [0.15, 0.2) is 11.6 Å². The molecule has 0 spiro atoms. The lowest BCUT2D eigenvalue weighted by Gasteiger charge is -2.10. The normalized spacial score (nSPS) is 10.6. The molecule has 0 radical (unpaired) electrons. The molecule has 0 bridgehead atoms. The van der Waals surface area contributed by atoms with Gasteiger partial charge in [-0.25, -0.2) is 14.4 Å². The summed E-state index contributed by atoms with van der Waals surface area (Å²) >= 11 is 0. The molecule has 0 saturated heterocycles. The largest absolute Gasteiger partial charge is 0.360 e. The third-order valence-corrected chi connectivity index (χ3v) is 3.74. The molecular formula is C20H16FN5O. The minimum atomic E-state index is -0.325. The molecule has 2 N–H and O–H groups in total. The standard InChI is InChI=1S/C20H16FN5O/c1-13-10-19(26-27-13)23-18-12-17(22-16-9-5-8-15(21)11-16)24-20(25-18)14-6-3-2-4-7-14/h2-12H,1H3,(H2,22,23,24,25,26). The molecule has 6 nitrogen and oxygen atoms in total. The molecule has 0 unspecified atom stereocenters. The Morgan fingerprint density at radius 3 is 2.30 bits per heavy atom. The van der Waals surface area contributed by atoms with E-state index in [1.807, 2.05) is 37.3 Å². The molecule has 134 valence electrons. The van der Waals surface area contributed by atoms with Crippen molar-refractivity contribution in [3.05, 3.63) is 78.3 Å². The zero-order valence-corrected chi connectivity index (χ0v) is 14.5. The van der Waals surface area contributed by atoms with Gasteiger partial charge in [0.1, 0.15) is 23.2 Å². The second-order valence-electron chi connectivity index (χ2n) is 5.91. The van der Waals surface area contributed by atoms with Crippen LogP contribution in [0.1, 0.15) is 5.76 Å². The molecule has 7 heteroatoms. The van der Waals surface area contributed by atoms with Gasteiger partial charge in [0.2, 0.25) is 0 Å². The number of anilines is 4. The highest BCUT2D eigenvalue weighted by atomic mass is 19.1. The van der Waals surface area contributed by atoms with Crippen LogP contribution in [0, 0.1) is 12.7 Å². The topological polar surface area (TPSA) is 75.9 Å². The second kappa shape index (κ2) is 7.25. The first-order valence-corrected chi connectivity index (χ1v) is 8.33. The molecule has 4 aromatic rings. The number of aromatic nitrogens is 3. The van der Waals surface area contributed by atoms with Crippen molar-refractivity contribution < 1.29 is 8.91 Å². The fourth-order valence-electron chi connectivity index (χ4n) is 2.56. The molecule has 4 rings (SSSR count). The van der Waals surface area contributed by atoms with Gasteiger partial charge in [0.05, 0.1) is 0 Å². The highest BCUT2D eigenvalue weighted by molar-refractivity contribution is 5.67. The fraction of sp³-hybridized carbons (Fsp3) is 0.0500. The molecular weight excluding hydrogens is 345 g/mol. The van der Waals surface area contributed by atoms with E-state index >= 15 is 0 Å². The summed E-state index contributed by atoms with van der Waals surface area (Å²) in [5.41, 5.74) is 1.45. The summed E-state index contributed by atoms with van der Waals surface area (Å²) in [5.74, 6) is 2.50. The summed E-state index contributed by atoms with van der Waals surface area (Å²) in [6.45, 7) is 1.81. The van der Waals surface area contributed by atoms with Crippen LogP contribution in [-0.2, 0) is 0 Å². The van der Waals surface area contributed by atoms with Crippen LogP contribution in [0.3, 0.4) is 0 Å².